The van der Waals surface area contributed by atoms with Crippen molar-refractivity contribution in [3.05, 3.63) is 53.6 Å². The summed E-state index contributed by atoms with van der Waals surface area (Å²) in [6.45, 7) is -2.23. The van der Waals surface area contributed by atoms with Crippen molar-refractivity contribution in [1.82, 2.24) is 0 Å². The molecule has 3 heterocycles. The van der Waals surface area contributed by atoms with Crippen molar-refractivity contribution in [3.8, 4) is 23.0 Å². The van der Waals surface area contributed by atoms with Gasteiger partial charge in [-0.2, -0.15) is 0 Å². The van der Waals surface area contributed by atoms with Crippen molar-refractivity contribution in [3.63, 3.8) is 0 Å². The number of carbonyl (C=O) groups excluding carboxylic acids is 1. The Morgan fingerprint density at radius 1 is 0.604 bits per heavy atom. The molecule has 0 aliphatic carbocycles. The molecule has 3 fully saturated rings. The van der Waals surface area contributed by atoms with Crippen LogP contribution in [0.1, 0.15) is 15.9 Å². The predicted octanol–water partition coefficient (Wildman–Crippen LogP) is -4.82. The second kappa shape index (κ2) is 17.3. The number of hydrogen-bond donors (Lipinski definition) is 13. The second-order valence-corrected chi connectivity index (χ2v) is 12.5. The summed E-state index contributed by atoms with van der Waals surface area (Å²) in [5.41, 5.74) is 0.0817. The Kier molecular flexibility index (Phi) is 13.2. The average Bonchev–Trinajstić information content (AvgIpc) is 3.14. The van der Waals surface area contributed by atoms with E-state index in [1.54, 1.807) is 0 Å². The summed E-state index contributed by atoms with van der Waals surface area (Å²) in [5.74, 6) is -2.09. The smallest absolute Gasteiger partial charge is 0.229 e. The monoisotopic (exact) mass is 758 g/mol. The number of phenolic OH excluding ortho intramolecular Hbond substituents is 2. The summed E-state index contributed by atoms with van der Waals surface area (Å²) < 4.78 is 32.9. The lowest BCUT2D eigenvalue weighted by Crippen LogP contribution is -2.65. The molecule has 3 aliphatic rings. The van der Waals surface area contributed by atoms with E-state index < -0.39 is 129 Å². The number of ether oxygens (including phenoxy) is 6. The van der Waals surface area contributed by atoms with Crippen molar-refractivity contribution < 1.29 is 99.6 Å². The molecular formula is C33H42O20. The first kappa shape index (κ1) is 40.6. The number of rotatable bonds is 12. The molecule has 2 aromatic carbocycles. The SMILES string of the molecule is O=C(/C=C/c1ccc(O[C@@H]2O[C@H](CO)[C@@H](O)[C@H](O)[C@H]2O)c(O)c1)c1ccc(O[C@@H]2O[C@H](CO)[C@@H](O)[C@H](O)[C@H]2O[C@@H]2O[C@H](CO)[C@@H](O)[C@H](O)[C@H]2O)cc1O. The molecule has 0 saturated carbocycles. The minimum atomic E-state index is -1.89. The van der Waals surface area contributed by atoms with Gasteiger partial charge >= 0.3 is 0 Å². The molecule has 294 valence electrons. The Morgan fingerprint density at radius 3 is 1.72 bits per heavy atom. The first-order valence-corrected chi connectivity index (χ1v) is 16.3. The van der Waals surface area contributed by atoms with Crippen LogP contribution in [0.4, 0.5) is 0 Å². The summed E-state index contributed by atoms with van der Waals surface area (Å²) >= 11 is 0. The molecule has 20 heteroatoms. The molecule has 2 aromatic rings. The van der Waals surface area contributed by atoms with Crippen LogP contribution in [0.3, 0.4) is 0 Å². The third-order valence-corrected chi connectivity index (χ3v) is 8.95. The number of aromatic hydroxyl groups is 2. The van der Waals surface area contributed by atoms with Crippen LogP contribution in [-0.4, -0.2) is 184 Å². The number of aliphatic hydroxyl groups excluding tert-OH is 11. The van der Waals surface area contributed by atoms with Crippen molar-refractivity contribution in [2.75, 3.05) is 19.8 Å². The molecule has 0 spiro atoms. The van der Waals surface area contributed by atoms with E-state index in [-0.39, 0.29) is 22.6 Å². The van der Waals surface area contributed by atoms with Crippen LogP contribution in [0.15, 0.2) is 42.5 Å². The Balaban J connectivity index is 1.26. The Hall–Kier alpha value is -3.55. The molecule has 15 atom stereocenters. The third-order valence-electron chi connectivity index (χ3n) is 8.95. The van der Waals surface area contributed by atoms with Crippen LogP contribution in [0.5, 0.6) is 23.0 Å². The summed E-state index contributed by atoms with van der Waals surface area (Å²) in [6.07, 6.45) is -22.3. The van der Waals surface area contributed by atoms with Crippen molar-refractivity contribution in [1.29, 1.82) is 0 Å². The topological polar surface area (TPSA) is 335 Å². The summed E-state index contributed by atoms with van der Waals surface area (Å²) in [5, 5.41) is 132. The lowest BCUT2D eigenvalue weighted by Gasteiger charge is -2.45. The lowest BCUT2D eigenvalue weighted by molar-refractivity contribution is -0.357. The highest BCUT2D eigenvalue weighted by Gasteiger charge is 2.51. The van der Waals surface area contributed by atoms with Crippen LogP contribution in [0, 0.1) is 0 Å². The van der Waals surface area contributed by atoms with Gasteiger partial charge in [-0.25, -0.2) is 0 Å². The molecule has 0 radical (unpaired) electrons. The van der Waals surface area contributed by atoms with Crippen molar-refractivity contribution in [2.45, 2.75) is 92.1 Å². The zero-order chi connectivity index (χ0) is 38.7. The van der Waals surface area contributed by atoms with Gasteiger partial charge in [0.25, 0.3) is 0 Å². The molecule has 0 unspecified atom stereocenters. The zero-order valence-electron chi connectivity index (χ0n) is 27.6. The highest BCUT2D eigenvalue weighted by Crippen LogP contribution is 2.34. The fourth-order valence-corrected chi connectivity index (χ4v) is 5.85. The maximum Gasteiger partial charge on any atom is 0.229 e. The van der Waals surface area contributed by atoms with Gasteiger partial charge in [-0.1, -0.05) is 12.1 Å². The van der Waals surface area contributed by atoms with E-state index in [0.717, 1.165) is 12.1 Å². The van der Waals surface area contributed by atoms with Gasteiger partial charge in [0.2, 0.25) is 12.6 Å². The number of ketones is 1. The first-order chi connectivity index (χ1) is 25.2. The standard InChI is InChI=1S/C33H42O20/c34-9-19-22(40)25(43)28(46)31(50-19)49-18-6-2-12(7-17(18)39)1-5-15(37)14-4-3-13(8-16(14)38)48-33-30(27(45)24(42)21(11-36)52-33)53-32-29(47)26(44)23(41)20(10-35)51-32/h1-8,19-36,38-47H,9-11H2/b5-1+/t19-,20-,21-,22-,23-,24-,25+,26+,27+,28-,29-,30-,31-,32+,33-/m1/s1. The molecule has 20 nitrogen and oxygen atoms in total. The van der Waals surface area contributed by atoms with E-state index in [9.17, 15) is 71.2 Å². The van der Waals surface area contributed by atoms with Gasteiger partial charge in [0.15, 0.2) is 29.7 Å². The van der Waals surface area contributed by atoms with E-state index in [1.807, 2.05) is 0 Å². The van der Waals surface area contributed by atoms with E-state index in [1.165, 1.54) is 36.4 Å². The maximum atomic E-state index is 13.0. The Morgan fingerprint density at radius 2 is 1.15 bits per heavy atom. The van der Waals surface area contributed by atoms with E-state index in [0.29, 0.717) is 0 Å². The van der Waals surface area contributed by atoms with Gasteiger partial charge < -0.3 is 94.8 Å². The number of phenols is 2. The molecule has 0 bridgehead atoms. The molecule has 0 aromatic heterocycles. The average molecular weight is 759 g/mol. The molecule has 53 heavy (non-hydrogen) atoms. The highest BCUT2D eigenvalue weighted by atomic mass is 16.8. The molecular weight excluding hydrogens is 716 g/mol. The summed E-state index contributed by atoms with van der Waals surface area (Å²) in [7, 11) is 0. The van der Waals surface area contributed by atoms with Crippen molar-refractivity contribution in [2.24, 2.45) is 0 Å². The number of carbonyl (C=O) groups is 1. The highest BCUT2D eigenvalue weighted by molar-refractivity contribution is 6.08. The molecule has 13 N–H and O–H groups in total. The van der Waals surface area contributed by atoms with Gasteiger partial charge in [-0.3, -0.25) is 4.79 Å². The van der Waals surface area contributed by atoms with Crippen LogP contribution in [0.25, 0.3) is 6.08 Å². The normalized spacial score (nSPS) is 37.8. The lowest BCUT2D eigenvalue weighted by atomic mass is 9.97. The molecule has 3 saturated heterocycles. The van der Waals surface area contributed by atoms with Gasteiger partial charge in [-0.05, 0) is 35.9 Å². The number of allylic oxidation sites excluding steroid dienone is 1. The first-order valence-electron chi connectivity index (χ1n) is 16.3. The maximum absolute atomic E-state index is 13.0. The Labute approximate surface area is 300 Å². The number of hydrogen-bond acceptors (Lipinski definition) is 20. The van der Waals surface area contributed by atoms with Gasteiger partial charge in [-0.15, -0.1) is 0 Å². The van der Waals surface area contributed by atoms with Crippen LogP contribution < -0.4 is 9.47 Å². The largest absolute Gasteiger partial charge is 0.507 e. The van der Waals surface area contributed by atoms with Crippen LogP contribution in [0.2, 0.25) is 0 Å². The zero-order valence-corrected chi connectivity index (χ0v) is 27.6. The van der Waals surface area contributed by atoms with Gasteiger partial charge in [0.1, 0.15) is 78.6 Å². The fraction of sp³-hybridized carbons (Fsp3) is 0.545. The van der Waals surface area contributed by atoms with Gasteiger partial charge in [0, 0.05) is 6.07 Å². The fourth-order valence-electron chi connectivity index (χ4n) is 5.85. The molecule has 0 amide bonds. The summed E-state index contributed by atoms with van der Waals surface area (Å²) in [4.78, 5) is 13.0. The van der Waals surface area contributed by atoms with E-state index >= 15 is 0 Å². The van der Waals surface area contributed by atoms with Crippen LogP contribution >= 0.6 is 0 Å². The minimum Gasteiger partial charge on any atom is -0.507 e. The predicted molar refractivity (Wildman–Crippen MR) is 171 cm³/mol. The van der Waals surface area contributed by atoms with Crippen LogP contribution in [-0.2, 0) is 18.9 Å². The molecule has 5 rings (SSSR count). The summed E-state index contributed by atoms with van der Waals surface area (Å²) in [6, 6.07) is 7.30. The second-order valence-electron chi connectivity index (χ2n) is 12.5. The minimum absolute atomic E-state index is 0.157. The Bertz CT molecular complexity index is 1570. The van der Waals surface area contributed by atoms with E-state index in [4.69, 9.17) is 28.4 Å². The number of benzene rings is 2. The van der Waals surface area contributed by atoms with Crippen molar-refractivity contribution >= 4 is 11.9 Å². The quantitative estimate of drug-likeness (QED) is 0.0713. The third kappa shape index (κ3) is 8.73. The van der Waals surface area contributed by atoms with Gasteiger partial charge in [0.05, 0.1) is 25.4 Å². The number of aliphatic hydroxyl groups is 11. The molecule has 3 aliphatic heterocycles. The van der Waals surface area contributed by atoms with E-state index in [2.05, 4.69) is 0 Å².